The number of nitrogens with one attached hydrogen (secondary N) is 1. The third-order valence-electron chi connectivity index (χ3n) is 4.71. The Morgan fingerprint density at radius 3 is 2.92 bits per heavy atom. The Kier molecular flexibility index (Phi) is 3.95. The Morgan fingerprint density at radius 1 is 1.40 bits per heavy atom. The Balaban J connectivity index is 1.47. The molecule has 3 aromatic heterocycles. The second kappa shape index (κ2) is 6.27. The minimum Gasteiger partial charge on any atom is -0.467 e. The lowest BCUT2D eigenvalue weighted by Crippen LogP contribution is -2.42. The molecule has 0 unspecified atom stereocenters. The topological polar surface area (TPSA) is 62.8 Å². The first-order chi connectivity index (χ1) is 12.1. The molecule has 0 bridgehead atoms. The quantitative estimate of drug-likeness (QED) is 0.772. The Hall–Kier alpha value is -2.76. The molecule has 1 aliphatic carbocycles. The Bertz CT molecular complexity index is 880. The van der Waals surface area contributed by atoms with Crippen molar-refractivity contribution in [2.75, 3.05) is 0 Å². The van der Waals surface area contributed by atoms with Crippen molar-refractivity contribution >= 4 is 11.7 Å². The van der Waals surface area contributed by atoms with Crippen LogP contribution in [0, 0.1) is 6.92 Å². The predicted molar refractivity (Wildman–Crippen MR) is 94.1 cm³/mol. The first-order valence-corrected chi connectivity index (χ1v) is 8.66. The number of furan rings is 1. The molecule has 6 nitrogen and oxygen atoms in total. The van der Waals surface area contributed by atoms with E-state index < -0.39 is 0 Å². The highest BCUT2D eigenvalue weighted by Gasteiger charge is 2.37. The van der Waals surface area contributed by atoms with Crippen molar-refractivity contribution < 1.29 is 9.21 Å². The summed E-state index contributed by atoms with van der Waals surface area (Å²) in [6, 6.07) is 9.91. The van der Waals surface area contributed by atoms with E-state index in [1.807, 2.05) is 59.7 Å². The molecular weight excluding hydrogens is 316 g/mol. The standard InChI is InChI=1S/C19H22N4O2/c1-13-5-3-7-18-21-15(12-22(13)18)11-20-19(24)23(16-8-9-16)14(2)17-6-4-10-25-17/h3-7,10,12,14,16H,8-9,11H2,1-2H3,(H,20,24)/t14-/m1/s1. The second-order valence-electron chi connectivity index (χ2n) is 6.62. The fourth-order valence-electron chi connectivity index (χ4n) is 3.22. The van der Waals surface area contributed by atoms with E-state index >= 15 is 0 Å². The van der Waals surface area contributed by atoms with E-state index in [1.165, 1.54) is 0 Å². The minimum atomic E-state index is -0.0780. The lowest BCUT2D eigenvalue weighted by molar-refractivity contribution is 0.166. The minimum absolute atomic E-state index is 0.0693. The zero-order valence-electron chi connectivity index (χ0n) is 14.5. The molecule has 1 aliphatic rings. The molecule has 1 N–H and O–H groups in total. The van der Waals surface area contributed by atoms with E-state index in [0.29, 0.717) is 12.6 Å². The molecular formula is C19H22N4O2. The van der Waals surface area contributed by atoms with Gasteiger partial charge in [-0.05, 0) is 51.0 Å². The molecule has 130 valence electrons. The summed E-state index contributed by atoms with van der Waals surface area (Å²) in [7, 11) is 0. The van der Waals surface area contributed by atoms with Gasteiger partial charge in [0.15, 0.2) is 0 Å². The molecule has 0 aliphatic heterocycles. The third kappa shape index (κ3) is 3.12. The van der Waals surface area contributed by atoms with Gasteiger partial charge in [0.2, 0.25) is 0 Å². The van der Waals surface area contributed by atoms with Crippen LogP contribution in [-0.2, 0) is 6.54 Å². The molecule has 3 aromatic rings. The second-order valence-corrected chi connectivity index (χ2v) is 6.62. The number of aromatic nitrogens is 2. The average Bonchev–Trinajstić information content (AvgIpc) is 3.13. The summed E-state index contributed by atoms with van der Waals surface area (Å²) >= 11 is 0. The maximum Gasteiger partial charge on any atom is 0.318 e. The highest BCUT2D eigenvalue weighted by molar-refractivity contribution is 5.75. The summed E-state index contributed by atoms with van der Waals surface area (Å²) < 4.78 is 7.52. The molecule has 2 amide bonds. The van der Waals surface area contributed by atoms with Crippen LogP contribution in [-0.4, -0.2) is 26.4 Å². The number of aryl methyl sites for hydroxylation is 1. The molecule has 1 atom stereocenters. The number of hydrogen-bond acceptors (Lipinski definition) is 3. The van der Waals surface area contributed by atoms with Gasteiger partial charge in [0, 0.05) is 17.9 Å². The third-order valence-corrected chi connectivity index (χ3v) is 4.71. The van der Waals surface area contributed by atoms with Crippen LogP contribution >= 0.6 is 0 Å². The van der Waals surface area contributed by atoms with Crippen molar-refractivity contribution in [1.82, 2.24) is 19.6 Å². The van der Waals surface area contributed by atoms with Crippen molar-refractivity contribution in [1.29, 1.82) is 0 Å². The van der Waals surface area contributed by atoms with Crippen LogP contribution in [0.1, 0.15) is 43.0 Å². The van der Waals surface area contributed by atoms with Gasteiger partial charge in [0.05, 0.1) is 24.5 Å². The number of carbonyl (C=O) groups excluding carboxylic acids is 1. The molecule has 0 radical (unpaired) electrons. The molecule has 0 saturated heterocycles. The molecule has 6 heteroatoms. The molecule has 3 heterocycles. The highest BCUT2D eigenvalue weighted by atomic mass is 16.3. The van der Waals surface area contributed by atoms with Crippen molar-refractivity contribution in [2.24, 2.45) is 0 Å². The summed E-state index contributed by atoms with van der Waals surface area (Å²) in [5.41, 5.74) is 2.87. The monoisotopic (exact) mass is 338 g/mol. The summed E-state index contributed by atoms with van der Waals surface area (Å²) in [5.74, 6) is 0.811. The predicted octanol–water partition coefficient (Wildman–Crippen LogP) is 3.67. The first-order valence-electron chi connectivity index (χ1n) is 8.66. The summed E-state index contributed by atoms with van der Waals surface area (Å²) in [4.78, 5) is 19.2. The van der Waals surface area contributed by atoms with E-state index in [2.05, 4.69) is 10.3 Å². The maximum atomic E-state index is 12.8. The summed E-state index contributed by atoms with van der Waals surface area (Å²) in [6.45, 7) is 4.45. The molecule has 25 heavy (non-hydrogen) atoms. The number of hydrogen-bond donors (Lipinski definition) is 1. The normalized spacial score (nSPS) is 15.3. The van der Waals surface area contributed by atoms with Crippen molar-refractivity contribution in [2.45, 2.75) is 45.3 Å². The van der Waals surface area contributed by atoms with Crippen LogP contribution in [0.4, 0.5) is 4.79 Å². The van der Waals surface area contributed by atoms with Crippen LogP contribution in [0.25, 0.3) is 5.65 Å². The van der Waals surface area contributed by atoms with Gasteiger partial charge in [-0.2, -0.15) is 0 Å². The van der Waals surface area contributed by atoms with Gasteiger partial charge in [0.1, 0.15) is 11.4 Å². The number of carbonyl (C=O) groups is 1. The highest BCUT2D eigenvalue weighted by Crippen LogP contribution is 2.34. The first kappa shape index (κ1) is 15.7. The lowest BCUT2D eigenvalue weighted by Gasteiger charge is -2.28. The van der Waals surface area contributed by atoms with Gasteiger partial charge in [-0.15, -0.1) is 0 Å². The van der Waals surface area contributed by atoms with E-state index in [4.69, 9.17) is 4.42 Å². The van der Waals surface area contributed by atoms with Gasteiger partial charge in [-0.3, -0.25) is 0 Å². The van der Waals surface area contributed by atoms with Gasteiger partial charge in [-0.25, -0.2) is 9.78 Å². The molecule has 4 rings (SSSR count). The average molecular weight is 338 g/mol. The van der Waals surface area contributed by atoms with Gasteiger partial charge in [0.25, 0.3) is 0 Å². The number of fused-ring (bicyclic) bond motifs is 1. The number of pyridine rings is 1. The summed E-state index contributed by atoms with van der Waals surface area (Å²) in [6.07, 6.45) is 5.72. The number of rotatable bonds is 5. The van der Waals surface area contributed by atoms with E-state index in [-0.39, 0.29) is 12.1 Å². The van der Waals surface area contributed by atoms with E-state index in [0.717, 1.165) is 35.6 Å². The molecule has 1 saturated carbocycles. The zero-order valence-corrected chi connectivity index (χ0v) is 14.5. The SMILES string of the molecule is Cc1cccc2nc(CNC(=O)N(C3CC3)[C@H](C)c3ccco3)cn12. The van der Waals surface area contributed by atoms with E-state index in [1.54, 1.807) is 6.26 Å². The Morgan fingerprint density at radius 2 is 2.24 bits per heavy atom. The summed E-state index contributed by atoms with van der Waals surface area (Å²) in [5, 5.41) is 3.01. The number of urea groups is 1. The van der Waals surface area contributed by atoms with Gasteiger partial charge in [-0.1, -0.05) is 6.07 Å². The van der Waals surface area contributed by atoms with Gasteiger partial charge >= 0.3 is 6.03 Å². The van der Waals surface area contributed by atoms with Crippen molar-refractivity contribution in [3.8, 4) is 0 Å². The zero-order chi connectivity index (χ0) is 17.4. The van der Waals surface area contributed by atoms with Crippen molar-refractivity contribution in [3.63, 3.8) is 0 Å². The van der Waals surface area contributed by atoms with Gasteiger partial charge < -0.3 is 19.0 Å². The number of amides is 2. The van der Waals surface area contributed by atoms with Crippen LogP contribution in [0.3, 0.4) is 0 Å². The number of nitrogens with zero attached hydrogens (tertiary/aromatic N) is 3. The van der Waals surface area contributed by atoms with Crippen LogP contribution in [0.15, 0.2) is 47.2 Å². The van der Waals surface area contributed by atoms with Crippen molar-refractivity contribution in [3.05, 3.63) is 59.9 Å². The lowest BCUT2D eigenvalue weighted by atomic mass is 10.2. The molecule has 1 fully saturated rings. The maximum absolute atomic E-state index is 12.8. The Labute approximate surface area is 146 Å². The van der Waals surface area contributed by atoms with Crippen LogP contribution in [0.2, 0.25) is 0 Å². The molecule has 0 spiro atoms. The van der Waals surface area contributed by atoms with E-state index in [9.17, 15) is 4.79 Å². The fraction of sp³-hybridized carbons (Fsp3) is 0.368. The fourth-order valence-corrected chi connectivity index (χ4v) is 3.22. The van der Waals surface area contributed by atoms with Crippen LogP contribution in [0.5, 0.6) is 0 Å². The largest absolute Gasteiger partial charge is 0.467 e. The smallest absolute Gasteiger partial charge is 0.318 e. The molecule has 0 aromatic carbocycles. The van der Waals surface area contributed by atoms with Crippen LogP contribution < -0.4 is 5.32 Å². The number of imidazole rings is 1.